The fraction of sp³-hybridized carbons (Fsp3) is 1.00. The molecule has 24 heavy (non-hydrogen) atoms. The number of nitrogens with zero attached hydrogens (tertiary/aromatic N) is 1. The van der Waals surface area contributed by atoms with E-state index >= 15 is 0 Å². The molecule has 0 unspecified atom stereocenters. The summed E-state index contributed by atoms with van der Waals surface area (Å²) < 4.78 is 5.99. The van der Waals surface area contributed by atoms with Gasteiger partial charge in [-0.05, 0) is 26.4 Å². The molecule has 1 rings (SSSR count). The van der Waals surface area contributed by atoms with Crippen LogP contribution in [0.4, 0.5) is 0 Å². The van der Waals surface area contributed by atoms with E-state index in [1.54, 1.807) is 0 Å². The average Bonchev–Trinajstić information content (AvgIpc) is 2.84. The van der Waals surface area contributed by atoms with E-state index in [4.69, 9.17) is 4.74 Å². The summed E-state index contributed by atoms with van der Waals surface area (Å²) in [5.74, 6) is 0. The maximum Gasteiger partial charge on any atom is 0.101 e. The molecule has 0 heterocycles. The largest absolute Gasteiger partial charge is 0.391 e. The molecule has 0 aromatic rings. The molecule has 4 nitrogen and oxygen atoms in total. The molecular weight excluding hydrogens is 302 g/mol. The van der Waals surface area contributed by atoms with Crippen molar-refractivity contribution in [2.75, 3.05) is 20.2 Å². The lowest BCUT2D eigenvalue weighted by atomic mass is 10.1. The van der Waals surface area contributed by atoms with Gasteiger partial charge in [-0.15, -0.1) is 0 Å². The molecule has 4 heteroatoms. The molecule has 0 radical (unpaired) electrons. The first-order valence-electron chi connectivity index (χ1n) is 10.3. The first-order valence-corrected chi connectivity index (χ1v) is 10.3. The zero-order chi connectivity index (χ0) is 17.8. The van der Waals surface area contributed by atoms with Crippen molar-refractivity contribution >= 4 is 0 Å². The van der Waals surface area contributed by atoms with Crippen LogP contribution in [-0.4, -0.2) is 59.7 Å². The maximum absolute atomic E-state index is 10.3. The van der Waals surface area contributed by atoms with E-state index in [1.807, 2.05) is 0 Å². The Labute approximate surface area is 149 Å². The molecule has 4 atom stereocenters. The van der Waals surface area contributed by atoms with Crippen molar-refractivity contribution in [2.24, 2.45) is 0 Å². The lowest BCUT2D eigenvalue weighted by Gasteiger charge is -2.32. The van der Waals surface area contributed by atoms with Crippen molar-refractivity contribution in [3.63, 3.8) is 0 Å². The Morgan fingerprint density at radius 3 is 2.04 bits per heavy atom. The highest BCUT2D eigenvalue weighted by molar-refractivity contribution is 4.98. The van der Waals surface area contributed by atoms with Crippen LogP contribution in [-0.2, 0) is 4.74 Å². The number of aliphatic hydroxyl groups is 2. The maximum atomic E-state index is 10.3. The fourth-order valence-electron chi connectivity index (χ4n) is 3.76. The lowest BCUT2D eigenvalue weighted by Crippen LogP contribution is -2.47. The summed E-state index contributed by atoms with van der Waals surface area (Å²) in [5, 5.41) is 20.6. The molecule has 0 aromatic carbocycles. The molecule has 1 aliphatic rings. The average molecular weight is 344 g/mol. The fourth-order valence-corrected chi connectivity index (χ4v) is 3.76. The SMILES string of the molecule is CCCCCCCO[C@@H]1[C@@H](N(C)CCCCCCC)[C@H](O)C[C@@H]1O. The van der Waals surface area contributed by atoms with Gasteiger partial charge < -0.3 is 14.9 Å². The van der Waals surface area contributed by atoms with Crippen molar-refractivity contribution in [1.29, 1.82) is 0 Å². The number of unbranched alkanes of at least 4 members (excludes halogenated alkanes) is 8. The molecule has 1 fully saturated rings. The predicted octanol–water partition coefficient (Wildman–Crippen LogP) is 3.74. The molecule has 0 aliphatic heterocycles. The Kier molecular flexibility index (Phi) is 11.9. The number of hydrogen-bond acceptors (Lipinski definition) is 4. The Balaban J connectivity index is 2.32. The van der Waals surface area contributed by atoms with Crippen molar-refractivity contribution in [3.8, 4) is 0 Å². The van der Waals surface area contributed by atoms with Gasteiger partial charge in [0.15, 0.2) is 0 Å². The second-order valence-electron chi connectivity index (χ2n) is 7.51. The summed E-state index contributed by atoms with van der Waals surface area (Å²) in [7, 11) is 2.06. The summed E-state index contributed by atoms with van der Waals surface area (Å²) in [6, 6.07) is -0.0678. The summed E-state index contributed by atoms with van der Waals surface area (Å²) in [6.07, 6.45) is 11.5. The van der Waals surface area contributed by atoms with Gasteiger partial charge in [-0.3, -0.25) is 4.90 Å². The zero-order valence-electron chi connectivity index (χ0n) is 16.3. The summed E-state index contributed by atoms with van der Waals surface area (Å²) in [4.78, 5) is 2.20. The van der Waals surface area contributed by atoms with Crippen LogP contribution in [0.25, 0.3) is 0 Å². The van der Waals surface area contributed by atoms with Crippen LogP contribution in [0.2, 0.25) is 0 Å². The third kappa shape index (κ3) is 7.81. The third-order valence-corrected chi connectivity index (χ3v) is 5.27. The normalized spacial score (nSPS) is 27.2. The summed E-state index contributed by atoms with van der Waals surface area (Å²) >= 11 is 0. The molecule has 0 spiro atoms. The van der Waals surface area contributed by atoms with Gasteiger partial charge in [0.25, 0.3) is 0 Å². The number of rotatable bonds is 14. The van der Waals surface area contributed by atoms with Crippen LogP contribution in [0.1, 0.15) is 84.5 Å². The van der Waals surface area contributed by atoms with Crippen LogP contribution in [0, 0.1) is 0 Å². The lowest BCUT2D eigenvalue weighted by molar-refractivity contribution is -0.0589. The molecular formula is C20H41NO3. The Morgan fingerprint density at radius 2 is 1.42 bits per heavy atom. The van der Waals surface area contributed by atoms with Crippen molar-refractivity contribution in [2.45, 2.75) is 109 Å². The molecule has 1 saturated carbocycles. The molecule has 0 amide bonds. The van der Waals surface area contributed by atoms with E-state index in [2.05, 4.69) is 25.8 Å². The highest BCUT2D eigenvalue weighted by Gasteiger charge is 2.44. The number of hydrogen-bond donors (Lipinski definition) is 2. The number of aliphatic hydroxyl groups excluding tert-OH is 2. The Bertz CT molecular complexity index is 301. The van der Waals surface area contributed by atoms with E-state index in [0.29, 0.717) is 13.0 Å². The third-order valence-electron chi connectivity index (χ3n) is 5.27. The van der Waals surface area contributed by atoms with Crippen LogP contribution < -0.4 is 0 Å². The Morgan fingerprint density at radius 1 is 0.833 bits per heavy atom. The second-order valence-corrected chi connectivity index (χ2v) is 7.51. The number of ether oxygens (including phenoxy) is 1. The van der Waals surface area contributed by atoms with Crippen molar-refractivity contribution in [1.82, 2.24) is 4.90 Å². The van der Waals surface area contributed by atoms with Crippen molar-refractivity contribution < 1.29 is 14.9 Å². The van der Waals surface area contributed by atoms with E-state index < -0.39 is 12.2 Å². The topological polar surface area (TPSA) is 52.9 Å². The Hall–Kier alpha value is -0.160. The van der Waals surface area contributed by atoms with E-state index in [0.717, 1.165) is 19.4 Å². The first-order chi connectivity index (χ1) is 11.6. The molecule has 0 aromatic heterocycles. The number of likely N-dealkylation sites (N-methyl/N-ethyl adjacent to an activating group) is 1. The van der Waals surface area contributed by atoms with Gasteiger partial charge in [0.2, 0.25) is 0 Å². The molecule has 2 N–H and O–H groups in total. The minimum Gasteiger partial charge on any atom is -0.391 e. The van der Waals surface area contributed by atoms with Gasteiger partial charge in [-0.1, -0.05) is 65.2 Å². The van der Waals surface area contributed by atoms with Gasteiger partial charge in [0, 0.05) is 13.0 Å². The van der Waals surface area contributed by atoms with Gasteiger partial charge >= 0.3 is 0 Å². The monoisotopic (exact) mass is 343 g/mol. The quantitative estimate of drug-likeness (QED) is 0.472. The van der Waals surface area contributed by atoms with Gasteiger partial charge in [-0.2, -0.15) is 0 Å². The summed E-state index contributed by atoms with van der Waals surface area (Å²) in [6.45, 7) is 6.11. The van der Waals surface area contributed by atoms with Crippen LogP contribution >= 0.6 is 0 Å². The first kappa shape index (κ1) is 21.9. The molecule has 144 valence electrons. The van der Waals surface area contributed by atoms with E-state index in [9.17, 15) is 10.2 Å². The zero-order valence-corrected chi connectivity index (χ0v) is 16.3. The van der Waals surface area contributed by atoms with E-state index in [-0.39, 0.29) is 12.1 Å². The minimum atomic E-state index is -0.539. The van der Waals surface area contributed by atoms with Gasteiger partial charge in [-0.25, -0.2) is 0 Å². The van der Waals surface area contributed by atoms with Gasteiger partial charge in [0.1, 0.15) is 6.10 Å². The predicted molar refractivity (Wildman–Crippen MR) is 100 cm³/mol. The highest BCUT2D eigenvalue weighted by atomic mass is 16.5. The summed E-state index contributed by atoms with van der Waals surface area (Å²) in [5.41, 5.74) is 0. The standard InChI is InChI=1S/C20H41NO3/c1-4-6-8-10-12-14-21(3)19-17(22)16-18(23)20(19)24-15-13-11-9-7-5-2/h17-20,22-23H,4-16H2,1-3H3/t17-,18+,19+,20+/m1/s1. The van der Waals surface area contributed by atoms with Gasteiger partial charge in [0.05, 0.1) is 18.2 Å². The minimum absolute atomic E-state index is 0.0678. The smallest absolute Gasteiger partial charge is 0.101 e. The van der Waals surface area contributed by atoms with Crippen LogP contribution in [0.15, 0.2) is 0 Å². The van der Waals surface area contributed by atoms with Crippen molar-refractivity contribution in [3.05, 3.63) is 0 Å². The highest BCUT2D eigenvalue weighted by Crippen LogP contribution is 2.28. The molecule has 1 aliphatic carbocycles. The van der Waals surface area contributed by atoms with Crippen LogP contribution in [0.5, 0.6) is 0 Å². The molecule has 0 saturated heterocycles. The van der Waals surface area contributed by atoms with E-state index in [1.165, 1.54) is 51.4 Å². The second kappa shape index (κ2) is 13.1. The molecule has 0 bridgehead atoms. The van der Waals surface area contributed by atoms with Crippen LogP contribution in [0.3, 0.4) is 0 Å².